The number of benzene rings is 1. The Kier molecular flexibility index (Phi) is 10.1. The van der Waals surface area contributed by atoms with E-state index in [1.807, 2.05) is 11.8 Å². The van der Waals surface area contributed by atoms with Crippen molar-refractivity contribution in [1.82, 2.24) is 9.97 Å². The van der Waals surface area contributed by atoms with Crippen LogP contribution in [-0.2, 0) is 22.1 Å². The van der Waals surface area contributed by atoms with Crippen molar-refractivity contribution in [3.63, 3.8) is 0 Å². The summed E-state index contributed by atoms with van der Waals surface area (Å²) in [5, 5.41) is 10.4. The van der Waals surface area contributed by atoms with Gasteiger partial charge in [-0.1, -0.05) is 32.9 Å². The number of carboxylic acid groups (broad SMARTS) is 1. The first kappa shape index (κ1) is 34.1. The number of halogens is 4. The van der Waals surface area contributed by atoms with E-state index in [0.717, 1.165) is 25.1 Å². The third kappa shape index (κ3) is 8.31. The van der Waals surface area contributed by atoms with Gasteiger partial charge in [0.15, 0.2) is 6.10 Å². The van der Waals surface area contributed by atoms with Crippen molar-refractivity contribution < 1.29 is 36.9 Å². The van der Waals surface area contributed by atoms with Crippen LogP contribution in [0.3, 0.4) is 0 Å². The maximum absolute atomic E-state index is 14.4. The highest BCUT2D eigenvalue weighted by molar-refractivity contribution is 5.85. The quantitative estimate of drug-likeness (QED) is 0.214. The lowest BCUT2D eigenvalue weighted by molar-refractivity contribution is -0.162. The number of pyridine rings is 2. The number of aryl methyl sites for hydroxylation is 1. The predicted molar refractivity (Wildman–Crippen MR) is 164 cm³/mol. The maximum atomic E-state index is 14.4. The number of carbonyl (C=O) groups is 1. The monoisotopic (exact) mass is 631 g/mol. The first-order valence-electron chi connectivity index (χ1n) is 15.1. The molecule has 7 nitrogen and oxygen atoms in total. The SMILES string of the molecule is CCC(C)(C)OC(C(=O)O)c1c(C)ncc(-c2cc(C(F)(F)F)c(OCCc3ccc(F)cc3)cn2)c1N1CCC(C)(C)CC1. The minimum absolute atomic E-state index is 0.0133. The number of ether oxygens (including phenoxy) is 2. The van der Waals surface area contributed by atoms with Gasteiger partial charge in [-0.25, -0.2) is 9.18 Å². The van der Waals surface area contributed by atoms with Crippen molar-refractivity contribution in [2.75, 3.05) is 24.6 Å². The number of rotatable bonds is 11. The lowest BCUT2D eigenvalue weighted by Gasteiger charge is -2.41. The molecular formula is C34H41F4N3O4. The third-order valence-corrected chi connectivity index (χ3v) is 8.51. The number of anilines is 1. The summed E-state index contributed by atoms with van der Waals surface area (Å²) in [4.78, 5) is 23.6. The molecule has 1 atom stereocenters. The average molecular weight is 632 g/mol. The molecule has 0 amide bonds. The van der Waals surface area contributed by atoms with Crippen molar-refractivity contribution in [2.45, 2.75) is 85.1 Å². The molecule has 1 aliphatic rings. The minimum atomic E-state index is -4.77. The molecule has 3 aromatic rings. The molecule has 244 valence electrons. The molecule has 4 rings (SSSR count). The van der Waals surface area contributed by atoms with Crippen LogP contribution in [0.1, 0.15) is 82.4 Å². The molecular weight excluding hydrogens is 590 g/mol. The molecule has 0 bridgehead atoms. The van der Waals surface area contributed by atoms with Gasteiger partial charge in [0.05, 0.1) is 29.8 Å². The number of hydrogen-bond acceptors (Lipinski definition) is 6. The highest BCUT2D eigenvalue weighted by atomic mass is 19.4. The zero-order valence-electron chi connectivity index (χ0n) is 26.6. The summed E-state index contributed by atoms with van der Waals surface area (Å²) in [6.07, 6.45) is -1.28. The molecule has 1 aromatic carbocycles. The van der Waals surface area contributed by atoms with Gasteiger partial charge in [-0.3, -0.25) is 9.97 Å². The Morgan fingerprint density at radius 1 is 1.09 bits per heavy atom. The molecule has 0 radical (unpaired) electrons. The molecule has 11 heteroatoms. The number of aliphatic carboxylic acids is 1. The van der Waals surface area contributed by atoms with Crippen LogP contribution in [0.4, 0.5) is 23.2 Å². The van der Waals surface area contributed by atoms with Gasteiger partial charge in [-0.15, -0.1) is 0 Å². The van der Waals surface area contributed by atoms with Crippen LogP contribution in [0.5, 0.6) is 5.75 Å². The predicted octanol–water partition coefficient (Wildman–Crippen LogP) is 8.19. The highest BCUT2D eigenvalue weighted by Gasteiger charge is 2.38. The van der Waals surface area contributed by atoms with Gasteiger partial charge in [0.1, 0.15) is 17.1 Å². The summed E-state index contributed by atoms with van der Waals surface area (Å²) < 4.78 is 68.1. The van der Waals surface area contributed by atoms with E-state index in [9.17, 15) is 27.5 Å². The zero-order chi connectivity index (χ0) is 33.2. The van der Waals surface area contributed by atoms with Crippen LogP contribution in [0.2, 0.25) is 0 Å². The standard InChI is InChI=1S/C34H41F4N3O4/c1-7-33(5,6)45-30(31(42)43)28-21(2)39-19-24(29(28)41-15-13-32(3,4)14-16-41)26-18-25(34(36,37)38)27(20-40-26)44-17-12-22-8-10-23(35)11-9-22/h8-11,18-20,30H,7,12-17H2,1-6H3,(H,42,43). The fourth-order valence-corrected chi connectivity index (χ4v) is 5.28. The average Bonchev–Trinajstić information content (AvgIpc) is 2.97. The van der Waals surface area contributed by atoms with Crippen molar-refractivity contribution >= 4 is 11.7 Å². The van der Waals surface area contributed by atoms with Gasteiger partial charge in [0.2, 0.25) is 0 Å². The van der Waals surface area contributed by atoms with Gasteiger partial charge in [0.25, 0.3) is 0 Å². The van der Waals surface area contributed by atoms with E-state index in [2.05, 4.69) is 23.8 Å². The molecule has 1 aliphatic heterocycles. The topological polar surface area (TPSA) is 84.8 Å². The molecule has 3 heterocycles. The van der Waals surface area contributed by atoms with E-state index in [1.165, 1.54) is 18.3 Å². The number of carboxylic acids is 1. The van der Waals surface area contributed by atoms with Crippen LogP contribution in [0.25, 0.3) is 11.3 Å². The van der Waals surface area contributed by atoms with Crippen LogP contribution in [-0.4, -0.2) is 46.3 Å². The summed E-state index contributed by atoms with van der Waals surface area (Å²) in [5.41, 5.74) is 0.403. The van der Waals surface area contributed by atoms with Gasteiger partial charge >= 0.3 is 12.1 Å². The molecule has 1 saturated heterocycles. The number of hydrogen-bond donors (Lipinski definition) is 1. The minimum Gasteiger partial charge on any atom is -0.491 e. The van der Waals surface area contributed by atoms with E-state index >= 15 is 0 Å². The largest absolute Gasteiger partial charge is 0.491 e. The van der Waals surface area contributed by atoms with E-state index in [0.29, 0.717) is 42.0 Å². The molecule has 2 aromatic heterocycles. The van der Waals surface area contributed by atoms with Gasteiger partial charge in [-0.05, 0) is 69.2 Å². The van der Waals surface area contributed by atoms with Crippen LogP contribution in [0, 0.1) is 18.2 Å². The summed E-state index contributed by atoms with van der Waals surface area (Å²) in [5.74, 6) is -2.06. The van der Waals surface area contributed by atoms with E-state index in [1.54, 1.807) is 32.9 Å². The highest BCUT2D eigenvalue weighted by Crippen LogP contribution is 2.45. The third-order valence-electron chi connectivity index (χ3n) is 8.51. The first-order valence-corrected chi connectivity index (χ1v) is 15.1. The van der Waals surface area contributed by atoms with Crippen molar-refractivity contribution in [1.29, 1.82) is 0 Å². The van der Waals surface area contributed by atoms with E-state index in [4.69, 9.17) is 9.47 Å². The Bertz CT molecular complexity index is 1500. The maximum Gasteiger partial charge on any atom is 0.420 e. The lowest BCUT2D eigenvalue weighted by Crippen LogP contribution is -2.39. The zero-order valence-corrected chi connectivity index (χ0v) is 26.6. The van der Waals surface area contributed by atoms with Crippen LogP contribution < -0.4 is 9.64 Å². The molecule has 0 saturated carbocycles. The molecule has 1 unspecified atom stereocenters. The second-order valence-corrected chi connectivity index (χ2v) is 12.9. The Hall–Kier alpha value is -3.73. The van der Waals surface area contributed by atoms with Crippen LogP contribution >= 0.6 is 0 Å². The molecule has 0 spiro atoms. The van der Waals surface area contributed by atoms with E-state index < -0.39 is 41.0 Å². The Morgan fingerprint density at radius 2 is 1.73 bits per heavy atom. The molecule has 45 heavy (non-hydrogen) atoms. The number of piperidine rings is 1. The summed E-state index contributed by atoms with van der Waals surface area (Å²) in [6, 6.07) is 6.58. The molecule has 1 N–H and O–H groups in total. The molecule has 1 fully saturated rings. The lowest BCUT2D eigenvalue weighted by atomic mass is 9.82. The fraction of sp³-hybridized carbons (Fsp3) is 0.500. The molecule has 0 aliphatic carbocycles. The summed E-state index contributed by atoms with van der Waals surface area (Å²) in [6.45, 7) is 12.5. The smallest absolute Gasteiger partial charge is 0.420 e. The van der Waals surface area contributed by atoms with Crippen LogP contribution in [0.15, 0.2) is 42.7 Å². The first-order chi connectivity index (χ1) is 21.0. The van der Waals surface area contributed by atoms with Gasteiger partial charge in [0, 0.05) is 42.5 Å². The van der Waals surface area contributed by atoms with E-state index in [-0.39, 0.29) is 29.7 Å². The second-order valence-electron chi connectivity index (χ2n) is 12.9. The van der Waals surface area contributed by atoms with Crippen molar-refractivity contribution in [2.24, 2.45) is 5.41 Å². The Morgan fingerprint density at radius 3 is 2.31 bits per heavy atom. The number of aromatic nitrogens is 2. The Balaban J connectivity index is 1.81. The summed E-state index contributed by atoms with van der Waals surface area (Å²) >= 11 is 0. The fourth-order valence-electron chi connectivity index (χ4n) is 5.28. The normalized spacial score (nSPS) is 16.0. The summed E-state index contributed by atoms with van der Waals surface area (Å²) in [7, 11) is 0. The van der Waals surface area contributed by atoms with Gasteiger partial charge in [-0.2, -0.15) is 13.2 Å². The Labute approximate surface area is 261 Å². The second kappa shape index (κ2) is 13.3. The van der Waals surface area contributed by atoms with Gasteiger partial charge < -0.3 is 19.5 Å². The van der Waals surface area contributed by atoms with Crippen molar-refractivity contribution in [3.05, 3.63) is 70.9 Å². The van der Waals surface area contributed by atoms with Crippen molar-refractivity contribution in [3.8, 4) is 17.0 Å². The number of nitrogens with zero attached hydrogens (tertiary/aromatic N) is 3. The number of alkyl halides is 3.